The fourth-order valence-corrected chi connectivity index (χ4v) is 6.66. The lowest BCUT2D eigenvalue weighted by Crippen LogP contribution is -2.53. The van der Waals surface area contributed by atoms with Gasteiger partial charge in [-0.1, -0.05) is 86.1 Å². The lowest BCUT2D eigenvalue weighted by Gasteiger charge is -2.34. The number of nitrogens with zero attached hydrogens (tertiary/aromatic N) is 2. The number of para-hydroxylation sites is 2. The Hall–Kier alpha value is -4.83. The number of amides is 2. The Balaban J connectivity index is 1.84. The lowest BCUT2D eigenvalue weighted by atomic mass is 10.0. The van der Waals surface area contributed by atoms with Crippen LogP contribution in [-0.4, -0.2) is 58.0 Å². The summed E-state index contributed by atoms with van der Waals surface area (Å²) in [7, 11) is -2.71. The van der Waals surface area contributed by atoms with Gasteiger partial charge in [-0.25, -0.2) is 8.42 Å². The Morgan fingerprint density at radius 3 is 2.19 bits per heavy atom. The molecule has 2 amide bonds. The van der Waals surface area contributed by atoms with Crippen molar-refractivity contribution in [3.63, 3.8) is 0 Å². The first kappa shape index (κ1) is 36.0. The maximum atomic E-state index is 14.7. The maximum Gasteiger partial charge on any atom is 0.264 e. The van der Waals surface area contributed by atoms with E-state index in [-0.39, 0.29) is 35.4 Å². The van der Waals surface area contributed by atoms with Crippen LogP contribution in [0.2, 0.25) is 0 Å². The van der Waals surface area contributed by atoms with E-state index in [1.165, 1.54) is 17.0 Å². The maximum absolute atomic E-state index is 14.7. The zero-order valence-electron chi connectivity index (χ0n) is 28.3. The smallest absolute Gasteiger partial charge is 0.264 e. The van der Waals surface area contributed by atoms with Gasteiger partial charge in [-0.15, -0.1) is 0 Å². The van der Waals surface area contributed by atoms with E-state index in [0.29, 0.717) is 24.7 Å². The van der Waals surface area contributed by atoms with Gasteiger partial charge in [0.05, 0.1) is 24.3 Å². The van der Waals surface area contributed by atoms with Gasteiger partial charge < -0.3 is 19.7 Å². The zero-order chi connectivity index (χ0) is 34.7. The Kier molecular flexibility index (Phi) is 12.6. The van der Waals surface area contributed by atoms with Crippen LogP contribution >= 0.6 is 0 Å². The van der Waals surface area contributed by atoms with Gasteiger partial charge in [0.2, 0.25) is 11.8 Å². The molecule has 10 heteroatoms. The summed E-state index contributed by atoms with van der Waals surface area (Å²) in [5.74, 6) is 0.210. The highest BCUT2D eigenvalue weighted by atomic mass is 32.2. The van der Waals surface area contributed by atoms with E-state index in [0.717, 1.165) is 21.0 Å². The van der Waals surface area contributed by atoms with Gasteiger partial charge in [-0.3, -0.25) is 13.9 Å². The number of methoxy groups -OCH3 is 1. The molecule has 1 N–H and O–H groups in total. The molecule has 0 radical (unpaired) electrons. The van der Waals surface area contributed by atoms with Crippen LogP contribution in [-0.2, 0) is 32.6 Å². The van der Waals surface area contributed by atoms with Crippen LogP contribution in [0.15, 0.2) is 108 Å². The van der Waals surface area contributed by atoms with Gasteiger partial charge in [0.25, 0.3) is 10.0 Å². The number of aryl methyl sites for hydroxylation is 1. The normalized spacial score (nSPS) is 11.9. The summed E-state index contributed by atoms with van der Waals surface area (Å²) in [6, 6.07) is 29.0. The van der Waals surface area contributed by atoms with E-state index in [4.69, 9.17) is 9.47 Å². The highest BCUT2D eigenvalue weighted by Gasteiger charge is 2.35. The molecule has 0 aromatic heterocycles. The second-order valence-corrected chi connectivity index (χ2v) is 13.8. The molecule has 0 heterocycles. The molecule has 0 aliphatic heterocycles. The van der Waals surface area contributed by atoms with Gasteiger partial charge >= 0.3 is 0 Å². The van der Waals surface area contributed by atoms with Crippen LogP contribution in [0.25, 0.3) is 0 Å². The van der Waals surface area contributed by atoms with Crippen molar-refractivity contribution in [3.05, 3.63) is 120 Å². The number of sulfonamides is 1. The number of rotatable bonds is 16. The predicted molar refractivity (Wildman–Crippen MR) is 189 cm³/mol. The molecule has 0 saturated heterocycles. The van der Waals surface area contributed by atoms with Gasteiger partial charge in [0.1, 0.15) is 24.1 Å². The van der Waals surface area contributed by atoms with Gasteiger partial charge in [0.15, 0.2) is 0 Å². The van der Waals surface area contributed by atoms with Gasteiger partial charge in [0, 0.05) is 19.5 Å². The first-order valence-corrected chi connectivity index (χ1v) is 17.5. The minimum absolute atomic E-state index is 0.0297. The SMILES string of the molecule is CCOc1ccccc1N(CC(=O)N(Cc1cccc(OC)c1)C(Cc1ccccc1)C(=O)NCC(C)C)S(=O)(=O)c1ccc(C)cc1. The molecule has 48 heavy (non-hydrogen) atoms. The topological polar surface area (TPSA) is 105 Å². The van der Waals surface area contributed by atoms with Gasteiger partial charge in [-0.05, 0) is 67.3 Å². The van der Waals surface area contributed by atoms with E-state index in [1.54, 1.807) is 62.6 Å². The number of nitrogens with one attached hydrogen (secondary N) is 1. The third kappa shape index (κ3) is 9.38. The molecule has 0 bridgehead atoms. The Bertz CT molecular complexity index is 1760. The first-order valence-electron chi connectivity index (χ1n) is 16.1. The largest absolute Gasteiger partial charge is 0.497 e. The van der Waals surface area contributed by atoms with E-state index >= 15 is 0 Å². The lowest BCUT2D eigenvalue weighted by molar-refractivity contribution is -0.140. The molecule has 0 spiro atoms. The minimum Gasteiger partial charge on any atom is -0.497 e. The fourth-order valence-electron chi connectivity index (χ4n) is 5.24. The molecule has 0 aliphatic rings. The number of anilines is 1. The molecule has 4 aromatic carbocycles. The standard InChI is InChI=1S/C38H45N3O6S/c1-6-47-36-18-11-10-17-34(36)41(48(44,45)33-21-19-29(4)20-22-33)27-37(42)40(26-31-15-12-16-32(23-31)46-5)35(38(43)39-25-28(2)3)24-30-13-8-7-9-14-30/h7-23,28,35H,6,24-27H2,1-5H3,(H,39,43). The minimum atomic E-state index is -4.26. The van der Waals surface area contributed by atoms with Crippen molar-refractivity contribution >= 4 is 27.5 Å². The first-order chi connectivity index (χ1) is 23.0. The Morgan fingerprint density at radius 2 is 1.52 bits per heavy atom. The van der Waals surface area contributed by atoms with Crippen LogP contribution in [0.3, 0.4) is 0 Å². The average Bonchev–Trinajstić information content (AvgIpc) is 3.08. The van der Waals surface area contributed by atoms with Crippen molar-refractivity contribution in [1.82, 2.24) is 10.2 Å². The monoisotopic (exact) mass is 671 g/mol. The molecule has 0 saturated carbocycles. The summed E-state index contributed by atoms with van der Waals surface area (Å²) in [4.78, 5) is 30.2. The van der Waals surface area contributed by atoms with Crippen molar-refractivity contribution in [2.45, 2.75) is 51.6 Å². The molecule has 1 atom stereocenters. The quantitative estimate of drug-likeness (QED) is 0.157. The number of ether oxygens (including phenoxy) is 2. The molecule has 0 aliphatic carbocycles. The van der Waals surface area contributed by atoms with Crippen LogP contribution in [0, 0.1) is 12.8 Å². The zero-order valence-corrected chi connectivity index (χ0v) is 29.1. The second-order valence-electron chi connectivity index (χ2n) is 11.9. The molecular formula is C38H45N3O6S. The summed E-state index contributed by atoms with van der Waals surface area (Å²) in [6.07, 6.45) is 0.223. The number of benzene rings is 4. The number of hydrogen-bond donors (Lipinski definition) is 1. The van der Waals surface area contributed by atoms with Crippen molar-refractivity contribution < 1.29 is 27.5 Å². The summed E-state index contributed by atoms with van der Waals surface area (Å²) in [6.45, 7) is 7.84. The van der Waals surface area contributed by atoms with E-state index < -0.39 is 28.5 Å². The summed E-state index contributed by atoms with van der Waals surface area (Å²) >= 11 is 0. The third-order valence-electron chi connectivity index (χ3n) is 7.76. The third-order valence-corrected chi connectivity index (χ3v) is 9.54. The molecular weight excluding hydrogens is 627 g/mol. The highest BCUT2D eigenvalue weighted by Crippen LogP contribution is 2.33. The van der Waals surface area contributed by atoms with Gasteiger partial charge in [-0.2, -0.15) is 0 Å². The van der Waals surface area contributed by atoms with Crippen molar-refractivity contribution in [1.29, 1.82) is 0 Å². The van der Waals surface area contributed by atoms with Crippen LogP contribution in [0.5, 0.6) is 11.5 Å². The average molecular weight is 672 g/mol. The number of carbonyl (C=O) groups is 2. The molecule has 4 aromatic rings. The van der Waals surface area contributed by atoms with E-state index in [1.807, 2.05) is 63.2 Å². The number of hydrogen-bond acceptors (Lipinski definition) is 6. The van der Waals surface area contributed by atoms with E-state index in [2.05, 4.69) is 5.32 Å². The van der Waals surface area contributed by atoms with Crippen LogP contribution in [0.4, 0.5) is 5.69 Å². The Labute approximate surface area is 284 Å². The van der Waals surface area contributed by atoms with Crippen LogP contribution in [0.1, 0.15) is 37.5 Å². The molecule has 9 nitrogen and oxygen atoms in total. The highest BCUT2D eigenvalue weighted by molar-refractivity contribution is 7.92. The second kappa shape index (κ2) is 16.8. The van der Waals surface area contributed by atoms with Crippen LogP contribution < -0.4 is 19.1 Å². The molecule has 254 valence electrons. The van der Waals surface area contributed by atoms with E-state index in [9.17, 15) is 18.0 Å². The number of carbonyl (C=O) groups excluding carboxylic acids is 2. The summed E-state index contributed by atoms with van der Waals surface area (Å²) in [5, 5.41) is 3.01. The summed E-state index contributed by atoms with van der Waals surface area (Å²) in [5.41, 5.74) is 2.70. The molecule has 0 fully saturated rings. The Morgan fingerprint density at radius 1 is 0.854 bits per heavy atom. The fraction of sp³-hybridized carbons (Fsp3) is 0.316. The molecule has 1 unspecified atom stereocenters. The predicted octanol–water partition coefficient (Wildman–Crippen LogP) is 6.01. The van der Waals surface area contributed by atoms with Crippen molar-refractivity contribution in [3.8, 4) is 11.5 Å². The summed E-state index contributed by atoms with van der Waals surface area (Å²) < 4.78 is 41.1. The van der Waals surface area contributed by atoms with Crippen molar-refractivity contribution in [2.24, 2.45) is 5.92 Å². The van der Waals surface area contributed by atoms with Crippen molar-refractivity contribution in [2.75, 3.05) is 31.1 Å². The molecule has 4 rings (SSSR count).